The Bertz CT molecular complexity index is 1210. The molecule has 3 aromatic carbocycles. The van der Waals surface area contributed by atoms with Gasteiger partial charge in [-0.3, -0.25) is 4.57 Å². The molecule has 1 heterocycles. The maximum Gasteiger partial charge on any atom is 0.202 e. The second kappa shape index (κ2) is 5.65. The highest BCUT2D eigenvalue weighted by atomic mass is 16.3. The molecule has 3 nitrogen and oxygen atoms in total. The molecular formula is C25H21NO2. The van der Waals surface area contributed by atoms with Gasteiger partial charge in [0.2, 0.25) is 11.8 Å². The van der Waals surface area contributed by atoms with E-state index in [4.69, 9.17) is 0 Å². The summed E-state index contributed by atoms with van der Waals surface area (Å²) in [6.07, 6.45) is 2.06. The Balaban J connectivity index is 1.49. The fourth-order valence-corrected chi connectivity index (χ4v) is 5.57. The van der Waals surface area contributed by atoms with Crippen molar-refractivity contribution in [2.45, 2.75) is 30.6 Å². The van der Waals surface area contributed by atoms with E-state index < -0.39 is 0 Å². The second-order valence-corrected chi connectivity index (χ2v) is 8.13. The molecule has 0 saturated heterocycles. The van der Waals surface area contributed by atoms with E-state index in [9.17, 15) is 10.2 Å². The van der Waals surface area contributed by atoms with Gasteiger partial charge in [-0.15, -0.1) is 0 Å². The molecule has 2 aliphatic rings. The van der Waals surface area contributed by atoms with Crippen molar-refractivity contribution in [1.29, 1.82) is 0 Å². The van der Waals surface area contributed by atoms with Gasteiger partial charge in [0.05, 0.1) is 5.69 Å². The summed E-state index contributed by atoms with van der Waals surface area (Å²) in [5, 5.41) is 24.4. The van der Waals surface area contributed by atoms with Crippen LogP contribution in [-0.2, 0) is 0 Å². The van der Waals surface area contributed by atoms with Gasteiger partial charge in [0.1, 0.15) is 0 Å². The van der Waals surface area contributed by atoms with Gasteiger partial charge in [0, 0.05) is 11.1 Å². The number of benzene rings is 3. The van der Waals surface area contributed by atoms with Crippen LogP contribution in [0.4, 0.5) is 0 Å². The van der Waals surface area contributed by atoms with E-state index in [0.29, 0.717) is 11.8 Å². The first kappa shape index (κ1) is 15.8. The summed E-state index contributed by atoms with van der Waals surface area (Å²) in [6, 6.07) is 24.8. The molecule has 3 heteroatoms. The van der Waals surface area contributed by atoms with E-state index in [1.54, 1.807) is 4.57 Å². The Morgan fingerprint density at radius 1 is 0.679 bits per heavy atom. The first-order chi connectivity index (χ1) is 13.7. The molecule has 2 aliphatic carbocycles. The number of aromatic hydroxyl groups is 2. The Morgan fingerprint density at radius 3 is 2.18 bits per heavy atom. The molecule has 28 heavy (non-hydrogen) atoms. The summed E-state index contributed by atoms with van der Waals surface area (Å²) in [7, 11) is 0. The molecule has 1 fully saturated rings. The summed E-state index contributed by atoms with van der Waals surface area (Å²) in [4.78, 5) is 0. The van der Waals surface area contributed by atoms with Crippen LogP contribution in [0.2, 0.25) is 0 Å². The molecule has 138 valence electrons. The van der Waals surface area contributed by atoms with Crippen LogP contribution < -0.4 is 0 Å². The van der Waals surface area contributed by atoms with Crippen LogP contribution in [0.25, 0.3) is 16.5 Å². The molecule has 2 bridgehead atoms. The van der Waals surface area contributed by atoms with Crippen LogP contribution in [0.3, 0.4) is 0 Å². The minimum atomic E-state index is 0.205. The van der Waals surface area contributed by atoms with E-state index in [1.165, 1.54) is 5.56 Å². The van der Waals surface area contributed by atoms with E-state index in [2.05, 4.69) is 36.4 Å². The molecule has 2 N–H and O–H groups in total. The standard InChI is InChI=1S/C25H21NO2/c27-24-22-18-13-20(16-7-2-1-3-8-16)21(14-18)23(22)25(28)26(24)19-11-10-15-6-4-5-9-17(15)12-19/h1-12,18,20-21,27-28H,13-14H2/t18-,20+,21-/m1/s1. The lowest BCUT2D eigenvalue weighted by molar-refractivity contribution is 0.394. The van der Waals surface area contributed by atoms with Gasteiger partial charge in [0.15, 0.2) is 0 Å². The average Bonchev–Trinajstić information content (AvgIpc) is 3.40. The van der Waals surface area contributed by atoms with Crippen LogP contribution in [-0.4, -0.2) is 14.8 Å². The largest absolute Gasteiger partial charge is 0.494 e. The van der Waals surface area contributed by atoms with Gasteiger partial charge in [0.25, 0.3) is 0 Å². The molecule has 0 spiro atoms. The fraction of sp³-hybridized carbons (Fsp3) is 0.200. The van der Waals surface area contributed by atoms with Gasteiger partial charge in [-0.2, -0.15) is 0 Å². The lowest BCUT2D eigenvalue weighted by Crippen LogP contribution is -2.07. The highest BCUT2D eigenvalue weighted by Gasteiger charge is 2.49. The van der Waals surface area contributed by atoms with Gasteiger partial charge in [-0.05, 0) is 59.1 Å². The molecule has 0 unspecified atom stereocenters. The van der Waals surface area contributed by atoms with Crippen LogP contribution in [0, 0.1) is 0 Å². The molecule has 6 rings (SSSR count). The molecule has 3 atom stereocenters. The molecule has 0 radical (unpaired) electrons. The van der Waals surface area contributed by atoms with Gasteiger partial charge in [-0.1, -0.05) is 60.7 Å². The first-order valence-corrected chi connectivity index (χ1v) is 9.93. The molecule has 1 saturated carbocycles. The Labute approximate surface area is 163 Å². The van der Waals surface area contributed by atoms with Crippen molar-refractivity contribution in [2.24, 2.45) is 0 Å². The zero-order chi connectivity index (χ0) is 18.8. The SMILES string of the molecule is Oc1c2c(c(O)n1-c1ccc3ccccc3c1)[C@@H]1C[C@H]2C[C@H]1c1ccccc1. The topological polar surface area (TPSA) is 45.4 Å². The smallest absolute Gasteiger partial charge is 0.202 e. The van der Waals surface area contributed by atoms with Crippen molar-refractivity contribution in [3.05, 3.63) is 89.5 Å². The highest BCUT2D eigenvalue weighted by Crippen LogP contribution is 2.65. The first-order valence-electron chi connectivity index (χ1n) is 9.93. The molecular weight excluding hydrogens is 346 g/mol. The molecule has 0 amide bonds. The third-order valence-electron chi connectivity index (χ3n) is 6.76. The number of rotatable bonds is 2. The van der Waals surface area contributed by atoms with Crippen LogP contribution in [0.15, 0.2) is 72.8 Å². The predicted octanol–water partition coefficient (Wildman–Crippen LogP) is 5.80. The number of hydrogen-bond acceptors (Lipinski definition) is 2. The van der Waals surface area contributed by atoms with E-state index >= 15 is 0 Å². The van der Waals surface area contributed by atoms with Gasteiger partial charge >= 0.3 is 0 Å². The lowest BCUT2D eigenvalue weighted by Gasteiger charge is -2.22. The zero-order valence-corrected chi connectivity index (χ0v) is 15.4. The van der Waals surface area contributed by atoms with Crippen molar-refractivity contribution in [3.8, 4) is 17.4 Å². The number of nitrogens with zero attached hydrogens (tertiary/aromatic N) is 1. The summed E-state index contributed by atoms with van der Waals surface area (Å²) in [5.41, 5.74) is 4.05. The van der Waals surface area contributed by atoms with Crippen molar-refractivity contribution < 1.29 is 10.2 Å². The lowest BCUT2D eigenvalue weighted by atomic mass is 9.81. The van der Waals surface area contributed by atoms with Crippen LogP contribution >= 0.6 is 0 Å². The quantitative estimate of drug-likeness (QED) is 0.470. The summed E-state index contributed by atoms with van der Waals surface area (Å²) in [6.45, 7) is 0. The summed E-state index contributed by atoms with van der Waals surface area (Å²) >= 11 is 0. The van der Waals surface area contributed by atoms with E-state index in [0.717, 1.165) is 40.4 Å². The maximum atomic E-state index is 11.1. The highest BCUT2D eigenvalue weighted by molar-refractivity contribution is 5.84. The van der Waals surface area contributed by atoms with Crippen LogP contribution in [0.1, 0.15) is 47.3 Å². The monoisotopic (exact) mass is 367 g/mol. The molecule has 0 aliphatic heterocycles. The van der Waals surface area contributed by atoms with Crippen molar-refractivity contribution in [2.75, 3.05) is 0 Å². The number of hydrogen-bond donors (Lipinski definition) is 2. The fourth-order valence-electron chi connectivity index (χ4n) is 5.57. The Hall–Kier alpha value is -3.20. The third-order valence-corrected chi connectivity index (χ3v) is 6.76. The van der Waals surface area contributed by atoms with E-state index in [1.807, 2.05) is 36.4 Å². The Morgan fingerprint density at radius 2 is 1.36 bits per heavy atom. The van der Waals surface area contributed by atoms with Crippen molar-refractivity contribution in [3.63, 3.8) is 0 Å². The second-order valence-electron chi connectivity index (χ2n) is 8.13. The summed E-state index contributed by atoms with van der Waals surface area (Å²) < 4.78 is 1.63. The summed E-state index contributed by atoms with van der Waals surface area (Å²) in [5.74, 6) is 1.42. The molecule has 4 aromatic rings. The Kier molecular flexibility index (Phi) is 3.19. The minimum Gasteiger partial charge on any atom is -0.494 e. The van der Waals surface area contributed by atoms with Crippen molar-refractivity contribution in [1.82, 2.24) is 4.57 Å². The van der Waals surface area contributed by atoms with Gasteiger partial charge in [-0.25, -0.2) is 0 Å². The molecule has 1 aromatic heterocycles. The zero-order valence-electron chi connectivity index (χ0n) is 15.4. The average molecular weight is 367 g/mol. The predicted molar refractivity (Wildman–Crippen MR) is 111 cm³/mol. The number of aromatic nitrogens is 1. The minimum absolute atomic E-state index is 0.205. The third kappa shape index (κ3) is 2.04. The van der Waals surface area contributed by atoms with Crippen molar-refractivity contribution >= 4 is 10.8 Å². The van der Waals surface area contributed by atoms with Crippen LogP contribution in [0.5, 0.6) is 11.8 Å². The normalized spacial score (nSPS) is 22.6. The van der Waals surface area contributed by atoms with Gasteiger partial charge < -0.3 is 10.2 Å². The number of fused-ring (bicyclic) bond motifs is 6. The van der Waals surface area contributed by atoms with E-state index in [-0.39, 0.29) is 17.7 Å². The maximum absolute atomic E-state index is 11.1.